The van der Waals surface area contributed by atoms with Gasteiger partial charge >= 0.3 is 5.97 Å². The molecule has 0 atom stereocenters. The van der Waals surface area contributed by atoms with Gasteiger partial charge in [-0.15, -0.1) is 0 Å². The lowest BCUT2D eigenvalue weighted by Crippen LogP contribution is -2.47. The summed E-state index contributed by atoms with van der Waals surface area (Å²) in [5, 5.41) is 3.58. The van der Waals surface area contributed by atoms with Crippen LogP contribution in [0.5, 0.6) is 0 Å². The number of ether oxygens (including phenoxy) is 1. The summed E-state index contributed by atoms with van der Waals surface area (Å²) >= 11 is 11.2. The Labute approximate surface area is 145 Å². The Bertz CT molecular complexity index is 601. The zero-order valence-electron chi connectivity index (χ0n) is 12.9. The fourth-order valence-electron chi connectivity index (χ4n) is 2.46. The lowest BCUT2D eigenvalue weighted by molar-refractivity contribution is -0.149. The third-order valence-corrected chi connectivity index (χ3v) is 4.30. The van der Waals surface area contributed by atoms with Gasteiger partial charge in [-0.1, -0.05) is 17.7 Å². The summed E-state index contributed by atoms with van der Waals surface area (Å²) in [6.45, 7) is 3.44. The molecule has 5 nitrogen and oxygen atoms in total. The summed E-state index contributed by atoms with van der Waals surface area (Å²) in [6, 6.07) is 6.69. The van der Waals surface area contributed by atoms with Gasteiger partial charge in [0.05, 0.1) is 12.5 Å². The number of nitrogens with zero attached hydrogens (tertiary/aromatic N) is 1. The highest BCUT2D eigenvalue weighted by atomic mass is 35.5. The van der Waals surface area contributed by atoms with Crippen LogP contribution in [0.15, 0.2) is 24.3 Å². The second-order valence-corrected chi connectivity index (χ2v) is 6.11. The van der Waals surface area contributed by atoms with Crippen LogP contribution < -0.4 is 5.32 Å². The Hall–Kier alpha value is -1.66. The Morgan fingerprint density at radius 3 is 2.70 bits per heavy atom. The average Bonchev–Trinajstić information content (AvgIpc) is 2.55. The first-order valence-corrected chi connectivity index (χ1v) is 8.32. The first-order valence-electron chi connectivity index (χ1n) is 7.53. The fourth-order valence-corrected chi connectivity index (χ4v) is 2.92. The van der Waals surface area contributed by atoms with Crippen molar-refractivity contribution in [1.82, 2.24) is 10.2 Å². The van der Waals surface area contributed by atoms with Crippen molar-refractivity contribution in [1.29, 1.82) is 0 Å². The molecule has 1 aromatic carbocycles. The van der Waals surface area contributed by atoms with E-state index in [0.29, 0.717) is 48.2 Å². The zero-order chi connectivity index (χ0) is 16.8. The molecular weight excluding hydrogens is 336 g/mol. The quantitative estimate of drug-likeness (QED) is 0.668. The van der Waals surface area contributed by atoms with E-state index in [1.807, 2.05) is 4.90 Å². The maximum atomic E-state index is 12.1. The monoisotopic (exact) mass is 354 g/mol. The molecule has 1 aliphatic heterocycles. The molecule has 23 heavy (non-hydrogen) atoms. The van der Waals surface area contributed by atoms with E-state index in [2.05, 4.69) is 5.32 Å². The van der Waals surface area contributed by atoms with Gasteiger partial charge in [-0.05, 0) is 50.2 Å². The van der Waals surface area contributed by atoms with E-state index in [0.717, 1.165) is 0 Å². The first kappa shape index (κ1) is 17.7. The smallest absolute Gasteiger partial charge is 0.309 e. The number of benzene rings is 1. The molecule has 1 N–H and O–H groups in total. The molecule has 2 rings (SSSR count). The van der Waals surface area contributed by atoms with Crippen LogP contribution >= 0.6 is 23.8 Å². The van der Waals surface area contributed by atoms with Crippen LogP contribution in [-0.2, 0) is 9.53 Å². The van der Waals surface area contributed by atoms with Crippen molar-refractivity contribution in [3.63, 3.8) is 0 Å². The van der Waals surface area contributed by atoms with Gasteiger partial charge in [-0.2, -0.15) is 0 Å². The van der Waals surface area contributed by atoms with Crippen LogP contribution in [0.4, 0.5) is 0 Å². The third-order valence-electron chi connectivity index (χ3n) is 3.71. The van der Waals surface area contributed by atoms with Crippen LogP contribution in [0.1, 0.15) is 30.1 Å². The molecule has 1 fully saturated rings. The molecule has 1 heterocycles. The molecule has 1 saturated heterocycles. The van der Waals surface area contributed by atoms with Crippen LogP contribution in [0.3, 0.4) is 0 Å². The standard InChI is InChI=1S/C16H19ClN2O3S/c1-2-22-15(21)11-6-8-19(9-7-11)16(23)18-14(20)12-4-3-5-13(17)10-12/h3-5,10-11H,2,6-9H2,1H3,(H,18,20,23). The molecule has 1 aromatic rings. The second kappa shape index (κ2) is 8.26. The summed E-state index contributed by atoms with van der Waals surface area (Å²) in [6.07, 6.45) is 1.35. The van der Waals surface area contributed by atoms with E-state index in [1.165, 1.54) is 0 Å². The molecule has 0 saturated carbocycles. The number of hydrogen-bond acceptors (Lipinski definition) is 4. The predicted molar refractivity (Wildman–Crippen MR) is 92.4 cm³/mol. The van der Waals surface area contributed by atoms with Gasteiger partial charge in [0.15, 0.2) is 5.11 Å². The minimum Gasteiger partial charge on any atom is -0.466 e. The average molecular weight is 355 g/mol. The number of rotatable bonds is 3. The van der Waals surface area contributed by atoms with Gasteiger partial charge in [0.2, 0.25) is 0 Å². The SMILES string of the molecule is CCOC(=O)C1CCN(C(=S)NC(=O)c2cccc(Cl)c2)CC1. The topological polar surface area (TPSA) is 58.6 Å². The molecule has 1 aliphatic rings. The number of hydrogen-bond donors (Lipinski definition) is 1. The van der Waals surface area contributed by atoms with Crippen molar-refractivity contribution in [2.24, 2.45) is 5.92 Å². The highest BCUT2D eigenvalue weighted by Crippen LogP contribution is 2.19. The maximum Gasteiger partial charge on any atom is 0.309 e. The molecular formula is C16H19ClN2O3S. The maximum absolute atomic E-state index is 12.1. The van der Waals surface area contributed by atoms with Gasteiger partial charge in [-0.3, -0.25) is 14.9 Å². The van der Waals surface area contributed by atoms with Gasteiger partial charge in [-0.25, -0.2) is 0 Å². The van der Waals surface area contributed by atoms with Crippen molar-refractivity contribution >= 4 is 40.8 Å². The third kappa shape index (κ3) is 4.91. The molecule has 7 heteroatoms. The summed E-state index contributed by atoms with van der Waals surface area (Å²) in [5.41, 5.74) is 0.459. The van der Waals surface area contributed by atoms with E-state index in [-0.39, 0.29) is 17.8 Å². The highest BCUT2D eigenvalue weighted by Gasteiger charge is 2.27. The summed E-state index contributed by atoms with van der Waals surface area (Å²) in [7, 11) is 0. The van der Waals surface area contributed by atoms with Gasteiger partial charge < -0.3 is 9.64 Å². The predicted octanol–water partition coefficient (Wildman–Crippen LogP) is 2.63. The highest BCUT2D eigenvalue weighted by molar-refractivity contribution is 7.80. The molecule has 0 aliphatic carbocycles. The summed E-state index contributed by atoms with van der Waals surface area (Å²) in [5.74, 6) is -0.524. The van der Waals surface area contributed by atoms with Gasteiger partial charge in [0, 0.05) is 23.7 Å². The molecule has 1 amide bonds. The molecule has 124 valence electrons. The van der Waals surface area contributed by atoms with E-state index >= 15 is 0 Å². The van der Waals surface area contributed by atoms with Crippen molar-refractivity contribution in [2.75, 3.05) is 19.7 Å². The van der Waals surface area contributed by atoms with Crippen LogP contribution in [0, 0.1) is 5.92 Å². The van der Waals surface area contributed by atoms with E-state index in [9.17, 15) is 9.59 Å². The molecule has 0 spiro atoms. The number of thiocarbonyl (C=S) groups is 1. The van der Waals surface area contributed by atoms with Crippen LogP contribution in [0.2, 0.25) is 5.02 Å². The number of amides is 1. The number of halogens is 1. The molecule has 0 unspecified atom stereocenters. The molecule has 0 radical (unpaired) electrons. The largest absolute Gasteiger partial charge is 0.466 e. The lowest BCUT2D eigenvalue weighted by Gasteiger charge is -2.32. The van der Waals surface area contributed by atoms with Crippen LogP contribution in [0.25, 0.3) is 0 Å². The molecule has 0 aromatic heterocycles. The number of likely N-dealkylation sites (tertiary alicyclic amines) is 1. The minimum atomic E-state index is -0.287. The number of piperidine rings is 1. The van der Waals surface area contributed by atoms with Crippen molar-refractivity contribution in [3.05, 3.63) is 34.9 Å². The first-order chi connectivity index (χ1) is 11.0. The second-order valence-electron chi connectivity index (χ2n) is 5.28. The summed E-state index contributed by atoms with van der Waals surface area (Å²) in [4.78, 5) is 25.8. The zero-order valence-corrected chi connectivity index (χ0v) is 14.5. The normalized spacial score (nSPS) is 15.1. The van der Waals surface area contributed by atoms with Crippen LogP contribution in [-0.4, -0.2) is 41.6 Å². The van der Waals surface area contributed by atoms with Gasteiger partial charge in [0.25, 0.3) is 5.91 Å². The number of nitrogens with one attached hydrogen (secondary N) is 1. The fraction of sp³-hybridized carbons (Fsp3) is 0.438. The van der Waals surface area contributed by atoms with Gasteiger partial charge in [0.1, 0.15) is 0 Å². The van der Waals surface area contributed by atoms with Crippen molar-refractivity contribution in [3.8, 4) is 0 Å². The number of esters is 1. The Morgan fingerprint density at radius 2 is 2.09 bits per heavy atom. The Morgan fingerprint density at radius 1 is 1.39 bits per heavy atom. The van der Waals surface area contributed by atoms with E-state index in [1.54, 1.807) is 31.2 Å². The Balaban J connectivity index is 1.85. The Kier molecular flexibility index (Phi) is 6.36. The van der Waals surface area contributed by atoms with E-state index < -0.39 is 0 Å². The molecule has 0 bridgehead atoms. The minimum absolute atomic E-state index is 0.0855. The van der Waals surface area contributed by atoms with Crippen molar-refractivity contribution < 1.29 is 14.3 Å². The lowest BCUT2D eigenvalue weighted by atomic mass is 9.97. The number of carbonyl (C=O) groups is 2. The summed E-state index contributed by atoms with van der Waals surface area (Å²) < 4.78 is 5.04. The van der Waals surface area contributed by atoms with E-state index in [4.69, 9.17) is 28.6 Å². The number of carbonyl (C=O) groups excluding carboxylic acids is 2. The van der Waals surface area contributed by atoms with Crippen molar-refractivity contribution in [2.45, 2.75) is 19.8 Å².